The Morgan fingerprint density at radius 1 is 1.62 bits per heavy atom. The molecule has 0 spiro atoms. The monoisotopic (exact) mass is 258 g/mol. The minimum Gasteiger partial charge on any atom is -0.375 e. The Morgan fingerprint density at radius 3 is 3.19 bits per heavy atom. The van der Waals surface area contributed by atoms with Crippen molar-refractivity contribution in [2.24, 2.45) is 5.84 Å². The molecule has 90 valence electrons. The van der Waals surface area contributed by atoms with E-state index in [1.165, 1.54) is 4.88 Å². The van der Waals surface area contributed by atoms with Crippen LogP contribution >= 0.6 is 23.1 Å². The van der Waals surface area contributed by atoms with Gasteiger partial charge in [-0.05, 0) is 24.3 Å². The Hall–Kier alpha value is -0.0700. The molecule has 2 unspecified atom stereocenters. The molecular weight excluding hydrogens is 240 g/mol. The van der Waals surface area contributed by atoms with E-state index in [-0.39, 0.29) is 12.1 Å². The number of hydrogen-bond acceptors (Lipinski definition) is 5. The second-order valence-electron chi connectivity index (χ2n) is 3.88. The zero-order valence-electron chi connectivity index (χ0n) is 9.22. The molecule has 1 aliphatic rings. The minimum absolute atomic E-state index is 0.267. The first-order valence-corrected chi connectivity index (χ1v) is 7.61. The van der Waals surface area contributed by atoms with Crippen LogP contribution in [-0.2, 0) is 11.2 Å². The maximum absolute atomic E-state index is 5.74. The van der Waals surface area contributed by atoms with Gasteiger partial charge in [0.15, 0.2) is 0 Å². The summed E-state index contributed by atoms with van der Waals surface area (Å²) in [6.07, 6.45) is 2.39. The van der Waals surface area contributed by atoms with Gasteiger partial charge in [0.25, 0.3) is 0 Å². The van der Waals surface area contributed by atoms with Crippen LogP contribution in [0.3, 0.4) is 0 Å². The summed E-state index contributed by atoms with van der Waals surface area (Å²) in [6.45, 7) is 0.854. The fourth-order valence-corrected chi connectivity index (χ4v) is 3.53. The van der Waals surface area contributed by atoms with E-state index in [2.05, 4.69) is 22.9 Å². The first kappa shape index (κ1) is 12.4. The third-order valence-corrected chi connectivity index (χ3v) is 4.74. The minimum atomic E-state index is 0.267. The van der Waals surface area contributed by atoms with Gasteiger partial charge in [-0.25, -0.2) is 0 Å². The van der Waals surface area contributed by atoms with Crippen molar-refractivity contribution in [2.75, 3.05) is 18.1 Å². The molecule has 1 aromatic heterocycles. The lowest BCUT2D eigenvalue weighted by Crippen LogP contribution is -2.48. The molecule has 1 fully saturated rings. The predicted octanol–water partition coefficient (Wildman–Crippen LogP) is 1.64. The van der Waals surface area contributed by atoms with E-state index in [1.54, 1.807) is 0 Å². The summed E-state index contributed by atoms with van der Waals surface area (Å²) in [6, 6.07) is 4.54. The van der Waals surface area contributed by atoms with Crippen molar-refractivity contribution in [3.63, 3.8) is 0 Å². The highest BCUT2D eigenvalue weighted by molar-refractivity contribution is 7.99. The van der Waals surface area contributed by atoms with E-state index < -0.39 is 0 Å². The smallest absolute Gasteiger partial charge is 0.0832 e. The maximum Gasteiger partial charge on any atom is 0.0832 e. The molecule has 0 radical (unpaired) electrons. The van der Waals surface area contributed by atoms with E-state index >= 15 is 0 Å². The van der Waals surface area contributed by atoms with Crippen LogP contribution in [0, 0.1) is 0 Å². The van der Waals surface area contributed by atoms with Crippen LogP contribution < -0.4 is 11.3 Å². The summed E-state index contributed by atoms with van der Waals surface area (Å²) >= 11 is 3.76. The predicted molar refractivity (Wildman–Crippen MR) is 70.8 cm³/mol. The Kier molecular flexibility index (Phi) is 5.12. The Morgan fingerprint density at radius 2 is 2.56 bits per heavy atom. The van der Waals surface area contributed by atoms with Gasteiger partial charge in [-0.15, -0.1) is 11.3 Å². The van der Waals surface area contributed by atoms with Crippen LogP contribution in [0.5, 0.6) is 0 Å². The highest BCUT2D eigenvalue weighted by Crippen LogP contribution is 2.19. The Balaban J connectivity index is 1.80. The molecule has 0 aliphatic carbocycles. The SMILES string of the molecule is NNC(CCc1cccs1)C1CSCCO1. The van der Waals surface area contributed by atoms with Gasteiger partial charge < -0.3 is 4.74 Å². The molecule has 16 heavy (non-hydrogen) atoms. The summed E-state index contributed by atoms with van der Waals surface area (Å²) < 4.78 is 5.74. The second kappa shape index (κ2) is 6.61. The molecule has 0 aromatic carbocycles. The maximum atomic E-state index is 5.74. The number of nitrogens with one attached hydrogen (secondary N) is 1. The zero-order chi connectivity index (χ0) is 11.2. The van der Waals surface area contributed by atoms with Gasteiger partial charge >= 0.3 is 0 Å². The van der Waals surface area contributed by atoms with Crippen molar-refractivity contribution in [1.29, 1.82) is 0 Å². The average Bonchev–Trinajstić information content (AvgIpc) is 2.84. The topological polar surface area (TPSA) is 47.3 Å². The lowest BCUT2D eigenvalue weighted by molar-refractivity contribution is 0.0449. The number of aryl methyl sites for hydroxylation is 1. The molecular formula is C11H18N2OS2. The Bertz CT molecular complexity index is 286. The van der Waals surface area contributed by atoms with Crippen molar-refractivity contribution in [1.82, 2.24) is 5.43 Å². The first-order valence-electron chi connectivity index (χ1n) is 5.58. The van der Waals surface area contributed by atoms with E-state index in [9.17, 15) is 0 Å². The second-order valence-corrected chi connectivity index (χ2v) is 6.06. The molecule has 0 saturated carbocycles. The molecule has 1 saturated heterocycles. The third-order valence-electron chi connectivity index (χ3n) is 2.79. The molecule has 0 bridgehead atoms. The molecule has 2 heterocycles. The molecule has 3 nitrogen and oxygen atoms in total. The van der Waals surface area contributed by atoms with Crippen molar-refractivity contribution in [2.45, 2.75) is 25.0 Å². The number of ether oxygens (including phenoxy) is 1. The summed E-state index contributed by atoms with van der Waals surface area (Å²) in [5, 5.41) is 2.12. The van der Waals surface area contributed by atoms with Crippen LogP contribution in [0.4, 0.5) is 0 Å². The van der Waals surface area contributed by atoms with Crippen LogP contribution in [0.15, 0.2) is 17.5 Å². The molecule has 3 N–H and O–H groups in total. The molecule has 1 aliphatic heterocycles. The van der Waals surface area contributed by atoms with E-state index in [1.807, 2.05) is 23.1 Å². The molecule has 5 heteroatoms. The van der Waals surface area contributed by atoms with Gasteiger partial charge in [-0.2, -0.15) is 11.8 Å². The lowest BCUT2D eigenvalue weighted by Gasteiger charge is -2.29. The number of rotatable bonds is 5. The van der Waals surface area contributed by atoms with Crippen LogP contribution in [0.1, 0.15) is 11.3 Å². The number of thioether (sulfide) groups is 1. The lowest BCUT2D eigenvalue weighted by atomic mass is 10.1. The van der Waals surface area contributed by atoms with Gasteiger partial charge in [0.1, 0.15) is 0 Å². The quantitative estimate of drug-likeness (QED) is 0.623. The van der Waals surface area contributed by atoms with Gasteiger partial charge in [-0.3, -0.25) is 11.3 Å². The summed E-state index contributed by atoms with van der Waals surface area (Å²) in [5.74, 6) is 7.77. The highest BCUT2D eigenvalue weighted by atomic mass is 32.2. The first-order chi connectivity index (χ1) is 7.90. The molecule has 0 amide bonds. The molecule has 2 atom stereocenters. The average molecular weight is 258 g/mol. The summed E-state index contributed by atoms with van der Waals surface area (Å²) in [5.41, 5.74) is 2.90. The van der Waals surface area contributed by atoms with Gasteiger partial charge in [-0.1, -0.05) is 6.07 Å². The Labute approximate surface area is 105 Å². The van der Waals surface area contributed by atoms with E-state index in [4.69, 9.17) is 10.6 Å². The van der Waals surface area contributed by atoms with Crippen molar-refractivity contribution < 1.29 is 4.74 Å². The standard InChI is InChI=1S/C11H18N2OS2/c12-13-10(11-8-15-7-5-14-11)4-3-9-2-1-6-16-9/h1-2,6,10-11,13H,3-5,7-8,12H2. The van der Waals surface area contributed by atoms with Crippen LogP contribution in [-0.4, -0.2) is 30.3 Å². The van der Waals surface area contributed by atoms with Gasteiger partial charge in [0, 0.05) is 22.4 Å². The summed E-state index contributed by atoms with van der Waals surface area (Å²) in [4.78, 5) is 1.42. The molecule has 1 aromatic rings. The number of hydrazine groups is 1. The normalized spacial score (nSPS) is 23.2. The van der Waals surface area contributed by atoms with Gasteiger partial charge in [0.05, 0.1) is 12.7 Å². The van der Waals surface area contributed by atoms with E-state index in [0.29, 0.717) is 0 Å². The van der Waals surface area contributed by atoms with Gasteiger partial charge in [0.2, 0.25) is 0 Å². The largest absolute Gasteiger partial charge is 0.375 e. The van der Waals surface area contributed by atoms with Crippen molar-refractivity contribution in [3.05, 3.63) is 22.4 Å². The van der Waals surface area contributed by atoms with E-state index in [0.717, 1.165) is 31.0 Å². The number of nitrogens with two attached hydrogens (primary N) is 1. The summed E-state index contributed by atoms with van der Waals surface area (Å²) in [7, 11) is 0. The highest BCUT2D eigenvalue weighted by Gasteiger charge is 2.23. The number of thiophene rings is 1. The van der Waals surface area contributed by atoms with Crippen molar-refractivity contribution in [3.8, 4) is 0 Å². The number of hydrogen-bond donors (Lipinski definition) is 2. The van der Waals surface area contributed by atoms with Crippen LogP contribution in [0.25, 0.3) is 0 Å². The third kappa shape index (κ3) is 3.46. The fourth-order valence-electron chi connectivity index (χ4n) is 1.87. The zero-order valence-corrected chi connectivity index (χ0v) is 10.9. The van der Waals surface area contributed by atoms with Crippen LogP contribution in [0.2, 0.25) is 0 Å². The fraction of sp³-hybridized carbons (Fsp3) is 0.636. The van der Waals surface area contributed by atoms with Crippen molar-refractivity contribution >= 4 is 23.1 Å². The molecule has 2 rings (SSSR count).